The van der Waals surface area contributed by atoms with Crippen LogP contribution >= 0.6 is 11.8 Å². The summed E-state index contributed by atoms with van der Waals surface area (Å²) < 4.78 is 15.2. The molecule has 0 bridgehead atoms. The number of ether oxygens (including phenoxy) is 3. The molecule has 1 fully saturated rings. The van der Waals surface area contributed by atoms with Crippen molar-refractivity contribution in [1.82, 2.24) is 0 Å². The summed E-state index contributed by atoms with van der Waals surface area (Å²) >= 11 is 1.52. The van der Waals surface area contributed by atoms with Crippen molar-refractivity contribution >= 4 is 11.8 Å². The number of hydrogen-bond donors (Lipinski definition) is 0. The first kappa shape index (κ1) is 9.82. The molecule has 5 heteroatoms. The standard InChI is InChI=1S/C11H9NO3S/c12-4-11(5-13-6-11)16-8-1-2-9-10(3-8)15-7-14-9/h1-3H,5-7H2. The highest BCUT2D eigenvalue weighted by Gasteiger charge is 2.40. The van der Waals surface area contributed by atoms with Crippen LogP contribution in [0.1, 0.15) is 0 Å². The molecule has 0 atom stereocenters. The van der Waals surface area contributed by atoms with Crippen molar-refractivity contribution < 1.29 is 14.2 Å². The van der Waals surface area contributed by atoms with Gasteiger partial charge in [0.2, 0.25) is 6.79 Å². The Balaban J connectivity index is 1.83. The predicted molar refractivity (Wildman–Crippen MR) is 57.6 cm³/mol. The van der Waals surface area contributed by atoms with E-state index in [0.717, 1.165) is 16.4 Å². The van der Waals surface area contributed by atoms with Gasteiger partial charge in [-0.1, -0.05) is 11.8 Å². The van der Waals surface area contributed by atoms with Crippen molar-refractivity contribution in [2.75, 3.05) is 20.0 Å². The molecule has 0 unspecified atom stereocenters. The zero-order valence-electron chi connectivity index (χ0n) is 8.43. The van der Waals surface area contributed by atoms with E-state index in [1.165, 1.54) is 11.8 Å². The van der Waals surface area contributed by atoms with E-state index in [1.54, 1.807) is 0 Å². The third-order valence-electron chi connectivity index (χ3n) is 2.53. The molecule has 0 spiro atoms. The van der Waals surface area contributed by atoms with Gasteiger partial charge in [0.25, 0.3) is 0 Å². The minimum atomic E-state index is -0.423. The molecule has 0 radical (unpaired) electrons. The van der Waals surface area contributed by atoms with Crippen LogP contribution in [-0.2, 0) is 4.74 Å². The van der Waals surface area contributed by atoms with Crippen molar-refractivity contribution in [3.8, 4) is 17.6 Å². The lowest BCUT2D eigenvalue weighted by atomic mass is 10.1. The summed E-state index contributed by atoms with van der Waals surface area (Å²) in [5, 5.41) is 9.08. The minimum Gasteiger partial charge on any atom is -0.454 e. The Hall–Kier alpha value is -1.38. The maximum atomic E-state index is 9.08. The molecule has 2 aliphatic rings. The van der Waals surface area contributed by atoms with Crippen LogP contribution in [0.3, 0.4) is 0 Å². The summed E-state index contributed by atoms with van der Waals surface area (Å²) in [6.07, 6.45) is 0. The normalized spacial score (nSPS) is 19.9. The summed E-state index contributed by atoms with van der Waals surface area (Å²) in [6.45, 7) is 1.25. The molecule has 4 nitrogen and oxygen atoms in total. The number of hydrogen-bond acceptors (Lipinski definition) is 5. The van der Waals surface area contributed by atoms with Gasteiger partial charge in [-0.3, -0.25) is 0 Å². The molecule has 2 aliphatic heterocycles. The van der Waals surface area contributed by atoms with Crippen LogP contribution < -0.4 is 9.47 Å². The molecule has 16 heavy (non-hydrogen) atoms. The topological polar surface area (TPSA) is 51.5 Å². The second kappa shape index (κ2) is 3.58. The first-order valence-corrected chi connectivity index (χ1v) is 5.71. The number of thioether (sulfide) groups is 1. The first-order valence-electron chi connectivity index (χ1n) is 4.89. The predicted octanol–water partition coefficient (Wildman–Crippen LogP) is 1.80. The maximum Gasteiger partial charge on any atom is 0.231 e. The highest BCUT2D eigenvalue weighted by atomic mass is 32.2. The smallest absolute Gasteiger partial charge is 0.231 e. The number of nitrogens with zero attached hydrogens (tertiary/aromatic N) is 1. The summed E-state index contributed by atoms with van der Waals surface area (Å²) in [5.74, 6) is 1.51. The highest BCUT2D eigenvalue weighted by Crippen LogP contribution is 2.42. The Morgan fingerprint density at radius 1 is 1.25 bits per heavy atom. The van der Waals surface area contributed by atoms with Gasteiger partial charge in [0.1, 0.15) is 0 Å². The first-order chi connectivity index (χ1) is 7.81. The minimum absolute atomic E-state index is 0.274. The molecular weight excluding hydrogens is 226 g/mol. The van der Waals surface area contributed by atoms with Crippen molar-refractivity contribution in [2.45, 2.75) is 9.64 Å². The molecule has 0 aromatic heterocycles. The van der Waals surface area contributed by atoms with Gasteiger partial charge in [-0.05, 0) is 18.2 Å². The van der Waals surface area contributed by atoms with Crippen LogP contribution in [-0.4, -0.2) is 24.8 Å². The van der Waals surface area contributed by atoms with Gasteiger partial charge >= 0.3 is 0 Å². The molecule has 1 aromatic rings. The quantitative estimate of drug-likeness (QED) is 0.782. The summed E-state index contributed by atoms with van der Waals surface area (Å²) in [7, 11) is 0. The van der Waals surface area contributed by atoms with Gasteiger partial charge in [0.05, 0.1) is 19.3 Å². The fourth-order valence-corrected chi connectivity index (χ4v) is 2.68. The van der Waals surface area contributed by atoms with Crippen molar-refractivity contribution in [3.05, 3.63) is 18.2 Å². The molecule has 1 saturated heterocycles. The van der Waals surface area contributed by atoms with E-state index in [4.69, 9.17) is 19.5 Å². The zero-order chi connectivity index (χ0) is 11.0. The van der Waals surface area contributed by atoms with E-state index in [2.05, 4.69) is 6.07 Å². The largest absolute Gasteiger partial charge is 0.454 e. The second-order valence-corrected chi connectivity index (χ2v) is 5.17. The van der Waals surface area contributed by atoms with Crippen LogP contribution in [0.15, 0.2) is 23.1 Å². The zero-order valence-corrected chi connectivity index (χ0v) is 9.25. The molecule has 0 aliphatic carbocycles. The molecule has 2 heterocycles. The lowest BCUT2D eigenvalue weighted by Gasteiger charge is -2.34. The van der Waals surface area contributed by atoms with Gasteiger partial charge in [-0.25, -0.2) is 0 Å². The van der Waals surface area contributed by atoms with Crippen molar-refractivity contribution in [2.24, 2.45) is 0 Å². The van der Waals surface area contributed by atoms with E-state index >= 15 is 0 Å². The van der Waals surface area contributed by atoms with Gasteiger partial charge in [0.15, 0.2) is 16.2 Å². The van der Waals surface area contributed by atoms with Crippen LogP contribution in [0.5, 0.6) is 11.5 Å². The molecule has 0 saturated carbocycles. The third kappa shape index (κ3) is 1.51. The summed E-state index contributed by atoms with van der Waals surface area (Å²) in [6, 6.07) is 8.01. The molecule has 82 valence electrons. The monoisotopic (exact) mass is 235 g/mol. The van der Waals surface area contributed by atoms with Crippen molar-refractivity contribution in [3.63, 3.8) is 0 Å². The molecule has 3 rings (SSSR count). The highest BCUT2D eigenvalue weighted by molar-refractivity contribution is 8.01. The summed E-state index contributed by atoms with van der Waals surface area (Å²) in [5.41, 5.74) is 0. The molecule has 0 amide bonds. The average molecular weight is 235 g/mol. The van der Waals surface area contributed by atoms with E-state index in [-0.39, 0.29) is 6.79 Å². The van der Waals surface area contributed by atoms with Gasteiger partial charge in [0, 0.05) is 4.90 Å². The van der Waals surface area contributed by atoms with Crippen LogP contribution in [0.4, 0.5) is 0 Å². The molecular formula is C11H9NO3S. The fourth-order valence-electron chi connectivity index (χ4n) is 1.60. The maximum absolute atomic E-state index is 9.08. The Kier molecular flexibility index (Phi) is 2.20. The fraction of sp³-hybridized carbons (Fsp3) is 0.364. The SMILES string of the molecule is N#CC1(Sc2ccc3c(c2)OCO3)COC1. The van der Waals surface area contributed by atoms with Crippen molar-refractivity contribution in [1.29, 1.82) is 5.26 Å². The molecule has 0 N–H and O–H groups in total. The van der Waals surface area contributed by atoms with Gasteiger partial charge in [-0.2, -0.15) is 5.26 Å². The number of fused-ring (bicyclic) bond motifs is 1. The van der Waals surface area contributed by atoms with Gasteiger partial charge in [-0.15, -0.1) is 0 Å². The Morgan fingerprint density at radius 2 is 2.06 bits per heavy atom. The number of benzene rings is 1. The van der Waals surface area contributed by atoms with E-state index in [1.807, 2.05) is 18.2 Å². The average Bonchev–Trinajstić information content (AvgIpc) is 2.70. The Bertz CT molecular complexity index is 465. The van der Waals surface area contributed by atoms with Gasteiger partial charge < -0.3 is 14.2 Å². The van der Waals surface area contributed by atoms with Crippen LogP contribution in [0.2, 0.25) is 0 Å². The second-order valence-electron chi connectivity index (χ2n) is 3.72. The van der Waals surface area contributed by atoms with E-state index in [0.29, 0.717) is 13.2 Å². The Labute approximate surface area is 97.1 Å². The summed E-state index contributed by atoms with van der Waals surface area (Å²) in [4.78, 5) is 1.01. The van der Waals surface area contributed by atoms with E-state index in [9.17, 15) is 0 Å². The Morgan fingerprint density at radius 3 is 2.75 bits per heavy atom. The van der Waals surface area contributed by atoms with Crippen LogP contribution in [0.25, 0.3) is 0 Å². The van der Waals surface area contributed by atoms with Crippen LogP contribution in [0, 0.1) is 11.3 Å². The number of rotatable bonds is 2. The lowest BCUT2D eigenvalue weighted by molar-refractivity contribution is 0.0161. The lowest BCUT2D eigenvalue weighted by Crippen LogP contribution is -2.45. The third-order valence-corrected chi connectivity index (χ3v) is 3.74. The molecule has 1 aromatic carbocycles. The van der Waals surface area contributed by atoms with E-state index < -0.39 is 4.75 Å². The number of nitriles is 1.